The number of benzene rings is 3. The fourth-order valence-electron chi connectivity index (χ4n) is 10.5. The molecule has 0 radical (unpaired) electrons. The molecule has 1 aromatic heterocycles. The molecule has 4 heterocycles. The molecule has 70 heavy (non-hydrogen) atoms. The summed E-state index contributed by atoms with van der Waals surface area (Å²) in [5.74, 6) is -0.427. The fraction of sp³-hybridized carbons (Fsp3) is 0.556. The van der Waals surface area contributed by atoms with E-state index in [1.807, 2.05) is 49.1 Å². The number of hydrogen-bond donors (Lipinski definition) is 3. The van der Waals surface area contributed by atoms with Gasteiger partial charge in [0.25, 0.3) is 17.4 Å². The Labute approximate surface area is 420 Å². The molecule has 16 heteroatoms. The molecule has 0 bridgehead atoms. The number of H-pyrrole nitrogens is 1. The normalized spacial score (nSPS) is 17.9. The molecule has 3 aromatic carbocycles. The van der Waals surface area contributed by atoms with Crippen molar-refractivity contribution >= 4 is 47.9 Å². The number of halogens is 1. The number of fused-ring (bicyclic) bond motifs is 1. The van der Waals surface area contributed by atoms with Crippen molar-refractivity contribution < 1.29 is 23.6 Å². The number of likely N-dealkylation sites (tertiary alicyclic amines) is 1. The number of aromatic nitrogens is 2. The van der Waals surface area contributed by atoms with Gasteiger partial charge < -0.3 is 30.2 Å². The summed E-state index contributed by atoms with van der Waals surface area (Å²) in [5.41, 5.74) is 2.76. The third kappa shape index (κ3) is 14.3. The van der Waals surface area contributed by atoms with Gasteiger partial charge in [0.2, 0.25) is 11.8 Å². The first-order valence-corrected chi connectivity index (χ1v) is 25.8. The molecule has 3 aliphatic heterocycles. The number of rotatable bonds is 16. The minimum Gasteiger partial charge on any atom is -0.341 e. The standard InChI is InChI=1S/C52H68FN9O5.C2H6.H2S/c1-2-20-54-21-17-37-9-8-12-41(32-37)49(64)55-48(40-10-4-3-5-11-40)52(67)61-22-18-38(19-23-61)35-58-24-26-59(27-25-58)36-47(63)60-28-30-62(31-29-60)51(66)44-33-39(15-16-45(44)53)34-46-42-13-6-7-14-43(42)50(65)57-56-46;1-2;/h6-9,12-16,32-33,38,40,48,54H,2-5,10-11,17-31,34-36H2,1H3,(H,55,64)(H,57,65);1-2H3;1H2. The van der Waals surface area contributed by atoms with Gasteiger partial charge in [-0.25, -0.2) is 9.49 Å². The Hall–Kier alpha value is -5.16. The smallest absolute Gasteiger partial charge is 0.272 e. The average Bonchev–Trinajstić information content (AvgIpc) is 3.39. The monoisotopic (exact) mass is 982 g/mol. The van der Waals surface area contributed by atoms with Crippen LogP contribution in [0.5, 0.6) is 0 Å². The number of carbonyl (C=O) groups excluding carboxylic acids is 4. The maximum atomic E-state index is 15.1. The van der Waals surface area contributed by atoms with Crippen LogP contribution in [-0.4, -0.2) is 156 Å². The predicted molar refractivity (Wildman–Crippen MR) is 279 cm³/mol. The van der Waals surface area contributed by atoms with E-state index in [0.717, 1.165) is 103 Å². The van der Waals surface area contributed by atoms with Gasteiger partial charge in [0.1, 0.15) is 11.9 Å². The van der Waals surface area contributed by atoms with E-state index < -0.39 is 17.8 Å². The van der Waals surface area contributed by atoms with E-state index >= 15 is 4.39 Å². The van der Waals surface area contributed by atoms with E-state index in [2.05, 4.69) is 43.6 Å². The molecular formula is C54H76FN9O5S. The Morgan fingerprint density at radius 1 is 0.743 bits per heavy atom. The van der Waals surface area contributed by atoms with Crippen molar-refractivity contribution in [2.45, 2.75) is 91.0 Å². The summed E-state index contributed by atoms with van der Waals surface area (Å²) >= 11 is 0. The van der Waals surface area contributed by atoms with Gasteiger partial charge in [0.05, 0.1) is 23.2 Å². The number of hydrogen-bond acceptors (Lipinski definition) is 9. The highest BCUT2D eigenvalue weighted by Crippen LogP contribution is 2.29. The minimum absolute atomic E-state index is 0. The van der Waals surface area contributed by atoms with Crippen LogP contribution in [0, 0.1) is 17.7 Å². The molecule has 14 nitrogen and oxygen atoms in total. The molecule has 1 saturated carbocycles. The van der Waals surface area contributed by atoms with Gasteiger partial charge in [-0.2, -0.15) is 18.6 Å². The van der Waals surface area contributed by atoms with E-state index in [1.165, 1.54) is 12.5 Å². The van der Waals surface area contributed by atoms with E-state index in [4.69, 9.17) is 0 Å². The molecular weight excluding hydrogens is 906 g/mol. The van der Waals surface area contributed by atoms with Crippen molar-refractivity contribution in [1.82, 2.24) is 45.3 Å². The third-order valence-electron chi connectivity index (χ3n) is 14.5. The first kappa shape index (κ1) is 54.2. The van der Waals surface area contributed by atoms with Crippen LogP contribution in [0.15, 0.2) is 71.5 Å². The molecule has 3 N–H and O–H groups in total. The maximum Gasteiger partial charge on any atom is 0.272 e. The zero-order valence-electron chi connectivity index (χ0n) is 41.7. The van der Waals surface area contributed by atoms with Gasteiger partial charge in [-0.15, -0.1) is 0 Å². The number of amides is 4. The highest BCUT2D eigenvalue weighted by atomic mass is 32.1. The SMILES string of the molecule is CC.CCCNCCc1cccc(C(=O)NC(C(=O)N2CCC(CN3CCN(CC(=O)N4CCN(C(=O)c5cc(Cc6n[nH]c(=O)c7ccccc67)ccc5F)CC4)CC3)CC2)C2CCCCC2)c1.S. The van der Waals surface area contributed by atoms with Crippen LogP contribution in [0.25, 0.3) is 10.8 Å². The zero-order valence-corrected chi connectivity index (χ0v) is 42.7. The molecule has 3 saturated heterocycles. The number of aromatic amines is 1. The van der Waals surface area contributed by atoms with E-state index in [1.54, 1.807) is 34.1 Å². The lowest BCUT2D eigenvalue weighted by atomic mass is 9.82. The highest BCUT2D eigenvalue weighted by Gasteiger charge is 2.36. The maximum absolute atomic E-state index is 15.1. The second kappa shape index (κ2) is 26.9. The van der Waals surface area contributed by atoms with Gasteiger partial charge in [-0.3, -0.25) is 28.9 Å². The predicted octanol–water partition coefficient (Wildman–Crippen LogP) is 5.85. The Morgan fingerprint density at radius 2 is 1.43 bits per heavy atom. The van der Waals surface area contributed by atoms with Gasteiger partial charge in [0, 0.05) is 89.4 Å². The molecule has 1 unspecified atom stereocenters. The molecule has 1 atom stereocenters. The summed E-state index contributed by atoms with van der Waals surface area (Å²) in [5, 5.41) is 14.7. The zero-order chi connectivity index (χ0) is 48.7. The van der Waals surface area contributed by atoms with Crippen LogP contribution in [0.4, 0.5) is 4.39 Å². The second-order valence-corrected chi connectivity index (χ2v) is 19.1. The quantitative estimate of drug-likeness (QED) is 0.117. The van der Waals surface area contributed by atoms with Gasteiger partial charge in [-0.05, 0) is 105 Å². The highest BCUT2D eigenvalue weighted by molar-refractivity contribution is 7.59. The fourth-order valence-corrected chi connectivity index (χ4v) is 10.5. The van der Waals surface area contributed by atoms with Gasteiger partial charge in [-0.1, -0.05) is 76.4 Å². The number of carbonyl (C=O) groups is 4. The number of nitrogens with one attached hydrogen (secondary N) is 3. The first-order valence-electron chi connectivity index (χ1n) is 25.8. The molecule has 380 valence electrons. The second-order valence-electron chi connectivity index (χ2n) is 19.1. The molecule has 4 aromatic rings. The van der Waals surface area contributed by atoms with Crippen LogP contribution in [-0.2, 0) is 22.4 Å². The van der Waals surface area contributed by atoms with Crippen LogP contribution in [0.2, 0.25) is 0 Å². The third-order valence-corrected chi connectivity index (χ3v) is 14.5. The van der Waals surface area contributed by atoms with E-state index in [-0.39, 0.29) is 48.3 Å². The summed E-state index contributed by atoms with van der Waals surface area (Å²) in [6.45, 7) is 15.4. The molecule has 4 amide bonds. The minimum atomic E-state index is -0.601. The summed E-state index contributed by atoms with van der Waals surface area (Å²) in [7, 11) is 0. The van der Waals surface area contributed by atoms with Gasteiger partial charge >= 0.3 is 0 Å². The molecule has 8 rings (SSSR count). The molecule has 4 aliphatic rings. The summed E-state index contributed by atoms with van der Waals surface area (Å²) in [4.78, 5) is 77.3. The van der Waals surface area contributed by atoms with E-state index in [0.29, 0.717) is 85.7 Å². The van der Waals surface area contributed by atoms with Crippen molar-refractivity contribution in [3.05, 3.63) is 111 Å². The molecule has 1 aliphatic carbocycles. The van der Waals surface area contributed by atoms with Crippen molar-refractivity contribution in [1.29, 1.82) is 0 Å². The van der Waals surface area contributed by atoms with Crippen molar-refractivity contribution in [3.8, 4) is 0 Å². The topological polar surface area (TPSA) is 154 Å². The Morgan fingerprint density at radius 3 is 2.14 bits per heavy atom. The Balaban J connectivity index is 0.00000264. The van der Waals surface area contributed by atoms with Crippen LogP contribution >= 0.6 is 13.5 Å². The van der Waals surface area contributed by atoms with Gasteiger partial charge in [0.15, 0.2) is 0 Å². The number of piperidine rings is 1. The number of piperazine rings is 2. The van der Waals surface area contributed by atoms with Crippen molar-refractivity contribution in [3.63, 3.8) is 0 Å². The first-order chi connectivity index (χ1) is 33.6. The largest absolute Gasteiger partial charge is 0.341 e. The lowest BCUT2D eigenvalue weighted by Gasteiger charge is -2.41. The van der Waals surface area contributed by atoms with Crippen LogP contribution < -0.4 is 16.2 Å². The summed E-state index contributed by atoms with van der Waals surface area (Å²) in [6, 6.07) is 19.0. The number of nitrogens with zero attached hydrogens (tertiary/aromatic N) is 6. The Bertz CT molecular complexity index is 2410. The van der Waals surface area contributed by atoms with Crippen molar-refractivity contribution in [2.75, 3.05) is 91.6 Å². The average molecular weight is 982 g/mol. The van der Waals surface area contributed by atoms with E-state index in [9.17, 15) is 24.0 Å². The summed E-state index contributed by atoms with van der Waals surface area (Å²) < 4.78 is 15.1. The molecule has 4 fully saturated rings. The lowest BCUT2D eigenvalue weighted by molar-refractivity contribution is -0.137. The Kier molecular flexibility index (Phi) is 20.8. The van der Waals surface area contributed by atoms with Crippen molar-refractivity contribution in [2.24, 2.45) is 11.8 Å². The lowest BCUT2D eigenvalue weighted by Crippen LogP contribution is -2.55. The summed E-state index contributed by atoms with van der Waals surface area (Å²) in [6.07, 6.45) is 9.40. The molecule has 0 spiro atoms. The van der Waals surface area contributed by atoms with Crippen LogP contribution in [0.3, 0.4) is 0 Å². The van der Waals surface area contributed by atoms with Crippen LogP contribution in [0.1, 0.15) is 110 Å².